The van der Waals surface area contributed by atoms with Gasteiger partial charge in [0.05, 0.1) is 7.11 Å². The summed E-state index contributed by atoms with van der Waals surface area (Å²) in [4.78, 5) is 0. The van der Waals surface area contributed by atoms with Crippen LogP contribution >= 0.6 is 24.8 Å². The Morgan fingerprint density at radius 2 is 1.00 bits per heavy atom. The van der Waals surface area contributed by atoms with E-state index in [1.165, 1.54) is 0 Å². The minimum Gasteiger partial charge on any atom is -0.497 e. The second-order valence-electron chi connectivity index (χ2n) is 5.93. The summed E-state index contributed by atoms with van der Waals surface area (Å²) in [7, 11) is 1.64. The SMILES string of the molecule is COc1cc(-c2ccc(C(=N)N)cc2)cc(-c2ccc(C(=N)N)cc2)c1.Cl.Cl. The summed E-state index contributed by atoms with van der Waals surface area (Å²) in [5, 5.41) is 15.0. The third-order valence-electron chi connectivity index (χ3n) is 4.20. The Kier molecular flexibility index (Phi) is 8.04. The molecule has 5 nitrogen and oxygen atoms in total. The molecule has 0 atom stereocenters. The minimum atomic E-state index is 0. The van der Waals surface area contributed by atoms with Gasteiger partial charge in [0, 0.05) is 11.1 Å². The summed E-state index contributed by atoms with van der Waals surface area (Å²) in [6.45, 7) is 0. The molecule has 0 aliphatic rings. The van der Waals surface area contributed by atoms with Gasteiger partial charge in [0.2, 0.25) is 0 Å². The highest BCUT2D eigenvalue weighted by Gasteiger charge is 2.07. The highest BCUT2D eigenvalue weighted by atomic mass is 35.5. The van der Waals surface area contributed by atoms with Crippen molar-refractivity contribution in [1.82, 2.24) is 0 Å². The van der Waals surface area contributed by atoms with Gasteiger partial charge in [-0.05, 0) is 40.5 Å². The number of hydrogen-bond donors (Lipinski definition) is 4. The number of nitrogen functional groups attached to an aromatic ring is 2. The lowest BCUT2D eigenvalue weighted by molar-refractivity contribution is 0.415. The molecule has 0 aromatic heterocycles. The fourth-order valence-electron chi connectivity index (χ4n) is 2.73. The number of halogens is 2. The monoisotopic (exact) mass is 416 g/mol. The minimum absolute atomic E-state index is 0. The number of rotatable bonds is 5. The van der Waals surface area contributed by atoms with Crippen LogP contribution in [0, 0.1) is 10.8 Å². The standard InChI is InChI=1S/C21H20N4O.2ClH/c1-26-19-11-17(13-2-6-15(7-3-13)20(22)23)10-18(12-19)14-4-8-16(9-5-14)21(24)25;;/h2-12H,1H3,(H3,22,23)(H3,24,25);2*1H. The second kappa shape index (κ2) is 9.78. The zero-order valence-corrected chi connectivity index (χ0v) is 16.9. The molecule has 0 amide bonds. The molecule has 0 spiro atoms. The van der Waals surface area contributed by atoms with E-state index in [1.807, 2.05) is 60.7 Å². The topological polar surface area (TPSA) is 109 Å². The maximum Gasteiger partial charge on any atom is 0.122 e. The Morgan fingerprint density at radius 1 is 0.643 bits per heavy atom. The Labute approximate surface area is 176 Å². The Hall–Kier alpha value is -3.02. The van der Waals surface area contributed by atoms with Crippen LogP contribution in [-0.4, -0.2) is 18.8 Å². The molecule has 0 radical (unpaired) electrons. The van der Waals surface area contributed by atoms with Crippen molar-refractivity contribution in [3.05, 3.63) is 77.9 Å². The van der Waals surface area contributed by atoms with Gasteiger partial charge in [-0.3, -0.25) is 10.8 Å². The van der Waals surface area contributed by atoms with E-state index >= 15 is 0 Å². The predicted octanol–water partition coefficient (Wildman–Crippen LogP) is 4.44. The van der Waals surface area contributed by atoms with E-state index in [1.54, 1.807) is 7.11 Å². The lowest BCUT2D eigenvalue weighted by Gasteiger charge is -2.11. The van der Waals surface area contributed by atoms with Gasteiger partial charge in [0.25, 0.3) is 0 Å². The summed E-state index contributed by atoms with van der Waals surface area (Å²) in [6, 6.07) is 21.1. The normalized spacial score (nSPS) is 9.61. The first-order valence-electron chi connectivity index (χ1n) is 8.06. The molecule has 0 heterocycles. The summed E-state index contributed by atoms with van der Waals surface area (Å²) in [5.74, 6) is 0.852. The first-order chi connectivity index (χ1) is 12.5. The van der Waals surface area contributed by atoms with Crippen molar-refractivity contribution in [2.75, 3.05) is 7.11 Å². The van der Waals surface area contributed by atoms with Gasteiger partial charge >= 0.3 is 0 Å². The molecule has 146 valence electrons. The van der Waals surface area contributed by atoms with Crippen LogP contribution in [0.2, 0.25) is 0 Å². The second-order valence-corrected chi connectivity index (χ2v) is 5.93. The van der Waals surface area contributed by atoms with Gasteiger partial charge in [-0.2, -0.15) is 0 Å². The van der Waals surface area contributed by atoms with E-state index in [9.17, 15) is 0 Å². The van der Waals surface area contributed by atoms with Crippen molar-refractivity contribution >= 4 is 36.5 Å². The van der Waals surface area contributed by atoms with Gasteiger partial charge in [0.1, 0.15) is 17.4 Å². The van der Waals surface area contributed by atoms with Gasteiger partial charge in [-0.25, -0.2) is 0 Å². The van der Waals surface area contributed by atoms with Gasteiger partial charge in [-0.1, -0.05) is 48.5 Å². The fraction of sp³-hybridized carbons (Fsp3) is 0.0476. The fourth-order valence-corrected chi connectivity index (χ4v) is 2.73. The highest BCUT2D eigenvalue weighted by Crippen LogP contribution is 2.31. The molecular weight excluding hydrogens is 395 g/mol. The number of amidine groups is 2. The van der Waals surface area contributed by atoms with Crippen molar-refractivity contribution < 1.29 is 4.74 Å². The molecule has 28 heavy (non-hydrogen) atoms. The quantitative estimate of drug-likeness (QED) is 0.364. The van der Waals surface area contributed by atoms with E-state index < -0.39 is 0 Å². The van der Waals surface area contributed by atoms with Crippen LogP contribution in [0.25, 0.3) is 22.3 Å². The molecule has 0 aliphatic heterocycles. The molecule has 0 aliphatic carbocycles. The van der Waals surface area contributed by atoms with Crippen LogP contribution in [0.3, 0.4) is 0 Å². The van der Waals surface area contributed by atoms with Gasteiger partial charge < -0.3 is 16.2 Å². The maximum absolute atomic E-state index is 7.50. The molecule has 3 aromatic rings. The number of benzene rings is 3. The summed E-state index contributed by atoms with van der Waals surface area (Å²) >= 11 is 0. The number of hydrogen-bond acceptors (Lipinski definition) is 3. The van der Waals surface area contributed by atoms with E-state index in [2.05, 4.69) is 6.07 Å². The largest absolute Gasteiger partial charge is 0.497 e. The van der Waals surface area contributed by atoms with Crippen LogP contribution < -0.4 is 16.2 Å². The third kappa shape index (κ3) is 5.03. The molecule has 0 fully saturated rings. The average molecular weight is 417 g/mol. The average Bonchev–Trinajstić information content (AvgIpc) is 2.67. The van der Waals surface area contributed by atoms with Crippen LogP contribution in [0.15, 0.2) is 66.7 Å². The highest BCUT2D eigenvalue weighted by molar-refractivity contribution is 5.96. The van der Waals surface area contributed by atoms with Gasteiger partial charge in [0.15, 0.2) is 0 Å². The molecule has 0 saturated carbocycles. The number of nitrogens with one attached hydrogen (secondary N) is 2. The van der Waals surface area contributed by atoms with Gasteiger partial charge in [-0.15, -0.1) is 24.8 Å². The first-order valence-corrected chi connectivity index (χ1v) is 8.06. The lowest BCUT2D eigenvalue weighted by Crippen LogP contribution is -2.10. The molecule has 3 aromatic carbocycles. The molecule has 3 rings (SSSR count). The van der Waals surface area contributed by atoms with Crippen LogP contribution in [0.4, 0.5) is 0 Å². The smallest absolute Gasteiger partial charge is 0.122 e. The Bertz CT molecular complexity index is 895. The van der Waals surface area contributed by atoms with Crippen molar-refractivity contribution in [2.45, 2.75) is 0 Å². The zero-order chi connectivity index (χ0) is 18.7. The van der Waals surface area contributed by atoms with E-state index in [4.69, 9.17) is 27.0 Å². The van der Waals surface area contributed by atoms with Crippen molar-refractivity contribution in [2.24, 2.45) is 11.5 Å². The Balaban J connectivity index is 0.00000196. The lowest BCUT2D eigenvalue weighted by atomic mass is 9.97. The summed E-state index contributed by atoms with van der Waals surface area (Å²) in [5.41, 5.74) is 16.5. The van der Waals surface area contributed by atoms with E-state index in [0.717, 1.165) is 28.0 Å². The summed E-state index contributed by atoms with van der Waals surface area (Å²) in [6.07, 6.45) is 0. The molecule has 7 heteroatoms. The van der Waals surface area contributed by atoms with E-state index in [-0.39, 0.29) is 36.5 Å². The molecule has 6 N–H and O–H groups in total. The Morgan fingerprint density at radius 3 is 1.29 bits per heavy atom. The van der Waals surface area contributed by atoms with Crippen LogP contribution in [0.5, 0.6) is 5.75 Å². The van der Waals surface area contributed by atoms with E-state index in [0.29, 0.717) is 11.1 Å². The van der Waals surface area contributed by atoms with Crippen molar-refractivity contribution in [3.8, 4) is 28.0 Å². The number of methoxy groups -OCH3 is 1. The molecule has 0 bridgehead atoms. The van der Waals surface area contributed by atoms with Crippen molar-refractivity contribution in [3.63, 3.8) is 0 Å². The molecular formula is C21H22Cl2N4O. The first kappa shape index (κ1) is 23.0. The van der Waals surface area contributed by atoms with Crippen LogP contribution in [-0.2, 0) is 0 Å². The molecule has 0 saturated heterocycles. The maximum atomic E-state index is 7.50. The number of ether oxygens (including phenoxy) is 1. The molecule has 0 unspecified atom stereocenters. The van der Waals surface area contributed by atoms with Crippen molar-refractivity contribution in [1.29, 1.82) is 10.8 Å². The summed E-state index contributed by atoms with van der Waals surface area (Å²) < 4.78 is 5.45. The number of nitrogens with two attached hydrogens (primary N) is 2. The van der Waals surface area contributed by atoms with Crippen LogP contribution in [0.1, 0.15) is 11.1 Å². The third-order valence-corrected chi connectivity index (χ3v) is 4.20. The predicted molar refractivity (Wildman–Crippen MR) is 120 cm³/mol. The zero-order valence-electron chi connectivity index (χ0n) is 15.2.